The van der Waals surface area contributed by atoms with Gasteiger partial charge in [0, 0.05) is 15.5 Å². The fourth-order valence-corrected chi connectivity index (χ4v) is 5.12. The van der Waals surface area contributed by atoms with Crippen molar-refractivity contribution in [2.75, 3.05) is 14.1 Å². The van der Waals surface area contributed by atoms with Crippen LogP contribution in [0.15, 0.2) is 35.0 Å². The fourth-order valence-electron chi connectivity index (χ4n) is 3.41. The van der Waals surface area contributed by atoms with Gasteiger partial charge in [-0.1, -0.05) is 12.1 Å². The molecule has 2 aromatic rings. The number of hydrogen-bond acceptors (Lipinski definition) is 6. The van der Waals surface area contributed by atoms with Crippen LogP contribution in [-0.4, -0.2) is 59.9 Å². The van der Waals surface area contributed by atoms with Crippen LogP contribution in [-0.2, 0) is 19.9 Å². The molecule has 138 valence electrons. The molecule has 5 rings (SSSR count). The van der Waals surface area contributed by atoms with E-state index < -0.39 is 59.1 Å². The minimum absolute atomic E-state index is 0.204. The third kappa shape index (κ3) is 2.28. The summed E-state index contributed by atoms with van der Waals surface area (Å²) >= 11 is 2.16. The molecule has 0 radical (unpaired) electrons. The van der Waals surface area contributed by atoms with Crippen molar-refractivity contribution >= 4 is 28.6 Å². The third-order valence-corrected chi connectivity index (χ3v) is 6.89. The maximum Gasteiger partial charge on any atom is 0.349 e. The molecule has 1 N–H and O–H groups in total. The number of epoxide rings is 1. The van der Waals surface area contributed by atoms with Crippen molar-refractivity contribution in [2.24, 2.45) is 0 Å². The summed E-state index contributed by atoms with van der Waals surface area (Å²) < 4.78 is 71.5. The van der Waals surface area contributed by atoms with Gasteiger partial charge in [-0.05, 0) is 22.9 Å². The first-order chi connectivity index (χ1) is 15.0. The fraction of sp³-hybridized carbons (Fsp3) is 0.526. The van der Waals surface area contributed by atoms with E-state index in [9.17, 15) is 9.90 Å². The van der Waals surface area contributed by atoms with Gasteiger partial charge in [0.2, 0.25) is 5.60 Å². The number of thiophene rings is 2. The smallest absolute Gasteiger partial charge is 0.349 e. The molecule has 3 aliphatic heterocycles. The van der Waals surface area contributed by atoms with Crippen molar-refractivity contribution in [3.05, 3.63) is 44.8 Å². The van der Waals surface area contributed by atoms with E-state index in [-0.39, 0.29) is 9.75 Å². The van der Waals surface area contributed by atoms with Crippen LogP contribution in [0.3, 0.4) is 0 Å². The second-order valence-corrected chi connectivity index (χ2v) is 8.68. The summed E-state index contributed by atoms with van der Waals surface area (Å²) in [5.41, 5.74) is -2.32. The van der Waals surface area contributed by atoms with Gasteiger partial charge in [0.25, 0.3) is 0 Å². The number of esters is 1. The number of quaternary nitrogens is 1. The number of piperidine rings is 1. The molecule has 5 nitrogen and oxygen atoms in total. The summed E-state index contributed by atoms with van der Waals surface area (Å²) in [6, 6.07) is 1.47. The van der Waals surface area contributed by atoms with Crippen molar-refractivity contribution in [1.29, 1.82) is 0 Å². The summed E-state index contributed by atoms with van der Waals surface area (Å²) in [5.74, 6) is -1.32. The van der Waals surface area contributed by atoms with E-state index in [1.807, 2.05) is 0 Å². The van der Waals surface area contributed by atoms with Crippen molar-refractivity contribution in [1.82, 2.24) is 0 Å². The van der Waals surface area contributed by atoms with E-state index in [2.05, 4.69) is 0 Å². The number of hydrogen-bond donors (Lipinski definition) is 1. The summed E-state index contributed by atoms with van der Waals surface area (Å²) in [4.78, 5) is 13.9. The lowest BCUT2D eigenvalue weighted by Crippen LogP contribution is -2.60. The van der Waals surface area contributed by atoms with Crippen LogP contribution in [0.2, 0.25) is 0 Å². The lowest BCUT2D eigenvalue weighted by Gasteiger charge is -2.45. The Hall–Kier alpha value is -1.25. The topological polar surface area (TPSA) is 59.1 Å². The Bertz CT molecular complexity index is 1110. The van der Waals surface area contributed by atoms with E-state index in [0.717, 1.165) is 22.7 Å². The standard InChI is InChI=1S/C19H22NO4S2/c1-20(2)12-9-11(10-13(20)17-16(12)24-17)23-18(21)19(22,14-5-3-7-25-14)15-6-4-8-26-15/h3-8,11-13,16-17,22H,9-10H2,1-2H3/q+1/i9D2,11D,12D,13D,16D,17D. The van der Waals surface area contributed by atoms with E-state index in [1.165, 1.54) is 26.2 Å². The Balaban J connectivity index is 1.62. The molecule has 5 unspecified atom stereocenters. The summed E-state index contributed by atoms with van der Waals surface area (Å²) in [7, 11) is 2.71. The van der Waals surface area contributed by atoms with Crippen molar-refractivity contribution in [3.8, 4) is 0 Å². The first-order valence-electron chi connectivity index (χ1n) is 11.6. The second kappa shape index (κ2) is 5.62. The molecule has 2 aromatic heterocycles. The van der Waals surface area contributed by atoms with Gasteiger partial charge in [-0.2, -0.15) is 0 Å². The van der Waals surface area contributed by atoms with Gasteiger partial charge in [-0.25, -0.2) is 4.79 Å². The monoisotopic (exact) mass is 399 g/mol. The molecule has 2 bridgehead atoms. The Morgan fingerprint density at radius 3 is 2.50 bits per heavy atom. The van der Waals surface area contributed by atoms with Gasteiger partial charge < -0.3 is 19.1 Å². The minimum atomic E-state index is -3.05. The third-order valence-electron chi connectivity index (χ3n) is 4.93. The molecular weight excluding hydrogens is 370 g/mol. The van der Waals surface area contributed by atoms with E-state index >= 15 is 0 Å². The maximum absolute atomic E-state index is 13.5. The lowest BCUT2D eigenvalue weighted by atomic mass is 9.95. The zero-order valence-corrected chi connectivity index (χ0v) is 15.7. The largest absolute Gasteiger partial charge is 0.459 e. The molecule has 5 heterocycles. The Labute approximate surface area is 170 Å². The van der Waals surface area contributed by atoms with E-state index in [4.69, 9.17) is 19.1 Å². The van der Waals surface area contributed by atoms with Crippen LogP contribution in [0.25, 0.3) is 0 Å². The number of fused-ring (bicyclic) bond motifs is 5. The summed E-state index contributed by atoms with van der Waals surface area (Å²) in [5, 5.41) is 14.8. The number of morpholine rings is 1. The molecule has 3 fully saturated rings. The van der Waals surface area contributed by atoms with Gasteiger partial charge in [-0.15, -0.1) is 22.7 Å². The number of ether oxygens (including phenoxy) is 2. The normalized spacial score (nSPS) is 54.3. The molecule has 3 aliphatic rings. The van der Waals surface area contributed by atoms with Gasteiger partial charge >= 0.3 is 5.97 Å². The van der Waals surface area contributed by atoms with Crippen molar-refractivity contribution < 1.29 is 33.5 Å². The second-order valence-electron chi connectivity index (χ2n) is 6.79. The molecule has 0 aromatic carbocycles. The van der Waals surface area contributed by atoms with Gasteiger partial charge in [0.15, 0.2) is 0 Å². The van der Waals surface area contributed by atoms with Crippen LogP contribution in [0.5, 0.6) is 0 Å². The molecule has 5 atom stereocenters. The molecule has 3 saturated heterocycles. The Kier molecular flexibility index (Phi) is 2.36. The predicted octanol–water partition coefficient (Wildman–Crippen LogP) is 2.35. The molecular formula is C19H22NO4S2+. The first kappa shape index (κ1) is 10.9. The number of aliphatic hydroxyl groups is 1. The van der Waals surface area contributed by atoms with Crippen molar-refractivity contribution in [2.45, 2.75) is 48.7 Å². The number of rotatable bonds is 4. The zero-order chi connectivity index (χ0) is 24.5. The molecule has 0 spiro atoms. The minimum Gasteiger partial charge on any atom is -0.459 e. The first-order valence-corrected chi connectivity index (χ1v) is 9.84. The summed E-state index contributed by atoms with van der Waals surface area (Å²) in [6.45, 7) is 0. The SMILES string of the molecule is [2H]C1(OC(=O)C(O)(c2cccs2)c2cccs2)CC2([2H])C3([2H])OC3([2H])C([2H])(C1([2H])[2H])[N+]2(C)C. The van der Waals surface area contributed by atoms with Crippen LogP contribution in [0.4, 0.5) is 0 Å². The van der Waals surface area contributed by atoms with Crippen LogP contribution < -0.4 is 0 Å². The predicted molar refractivity (Wildman–Crippen MR) is 99.1 cm³/mol. The van der Waals surface area contributed by atoms with Crippen LogP contribution in [0.1, 0.15) is 32.1 Å². The van der Waals surface area contributed by atoms with Gasteiger partial charge in [0.1, 0.15) is 30.3 Å². The van der Waals surface area contributed by atoms with E-state index in [0.29, 0.717) is 0 Å². The molecule has 0 aliphatic carbocycles. The Morgan fingerprint density at radius 2 is 1.92 bits per heavy atom. The number of nitrogens with zero attached hydrogens (tertiary/aromatic N) is 1. The average molecular weight is 400 g/mol. The molecule has 26 heavy (non-hydrogen) atoms. The van der Waals surface area contributed by atoms with E-state index in [1.54, 1.807) is 22.9 Å². The number of carbonyl (C=O) groups excluding carboxylic acids is 1. The van der Waals surface area contributed by atoms with Gasteiger partial charge in [-0.3, -0.25) is 0 Å². The highest BCUT2D eigenvalue weighted by molar-refractivity contribution is 7.12. The number of carbonyl (C=O) groups is 1. The Morgan fingerprint density at radius 1 is 1.31 bits per heavy atom. The lowest BCUT2D eigenvalue weighted by molar-refractivity contribution is -0.938. The highest BCUT2D eigenvalue weighted by Crippen LogP contribution is 2.52. The molecule has 0 amide bonds. The highest BCUT2D eigenvalue weighted by Gasteiger charge is 2.71. The zero-order valence-electron chi connectivity index (χ0n) is 21.1. The van der Waals surface area contributed by atoms with Crippen molar-refractivity contribution in [3.63, 3.8) is 0 Å². The summed E-state index contributed by atoms with van der Waals surface area (Å²) in [6.07, 6.45) is -11.5. The molecule has 7 heteroatoms. The molecule has 0 saturated carbocycles. The highest BCUT2D eigenvalue weighted by atomic mass is 32.1. The quantitative estimate of drug-likeness (QED) is 0.487. The number of likely N-dealkylation sites (N-methyl/N-ethyl adjacent to an activating group) is 1. The van der Waals surface area contributed by atoms with Crippen LogP contribution in [0, 0.1) is 0 Å². The maximum atomic E-state index is 13.5. The van der Waals surface area contributed by atoms with Gasteiger partial charge in [0.05, 0.1) is 30.7 Å². The van der Waals surface area contributed by atoms with Crippen LogP contribution >= 0.6 is 22.7 Å². The average Bonchev–Trinajstić information content (AvgIpc) is 3.23.